The molecule has 0 saturated heterocycles. The zero-order valence-electron chi connectivity index (χ0n) is 7.32. The second-order valence-electron chi connectivity index (χ2n) is 2.92. The Labute approximate surface area is 76.3 Å². The van der Waals surface area contributed by atoms with Crippen LogP contribution in [0.1, 0.15) is 11.5 Å². The molecular weight excluding hydrogens is 168 g/mol. The largest absolute Gasteiger partial charge is 0.492 e. The Bertz CT molecular complexity index is 333. The van der Waals surface area contributed by atoms with E-state index in [1.807, 2.05) is 24.3 Å². The predicted octanol–water partition coefficient (Wildman–Crippen LogP) is 1.34. The molecule has 1 aromatic carbocycles. The number of hydrogen-bond acceptors (Lipinski definition) is 3. The standard InChI is InChI=1S/C10H10O3/c1-12-10(11)8-6-13-9-5-3-2-4-7(8)9/h2-5,8H,6H2,1H3/t8-/m1/s1. The number of rotatable bonds is 1. The first-order valence-electron chi connectivity index (χ1n) is 4.12. The van der Waals surface area contributed by atoms with Crippen molar-refractivity contribution in [1.82, 2.24) is 0 Å². The summed E-state index contributed by atoms with van der Waals surface area (Å²) in [7, 11) is 1.39. The number of esters is 1. The van der Waals surface area contributed by atoms with E-state index < -0.39 is 0 Å². The van der Waals surface area contributed by atoms with E-state index in [2.05, 4.69) is 4.74 Å². The summed E-state index contributed by atoms with van der Waals surface area (Å²) in [6.07, 6.45) is 0. The minimum Gasteiger partial charge on any atom is -0.492 e. The van der Waals surface area contributed by atoms with Crippen molar-refractivity contribution in [3.63, 3.8) is 0 Å². The van der Waals surface area contributed by atoms with Gasteiger partial charge in [-0.3, -0.25) is 4.79 Å². The van der Waals surface area contributed by atoms with Crippen LogP contribution in [0.2, 0.25) is 0 Å². The van der Waals surface area contributed by atoms with Crippen LogP contribution in [-0.4, -0.2) is 19.7 Å². The van der Waals surface area contributed by atoms with Gasteiger partial charge >= 0.3 is 5.97 Å². The molecule has 13 heavy (non-hydrogen) atoms. The summed E-state index contributed by atoms with van der Waals surface area (Å²) in [5, 5.41) is 0. The Balaban J connectivity index is 2.33. The van der Waals surface area contributed by atoms with Gasteiger partial charge in [-0.1, -0.05) is 18.2 Å². The smallest absolute Gasteiger partial charge is 0.316 e. The topological polar surface area (TPSA) is 35.5 Å². The molecule has 0 unspecified atom stereocenters. The highest BCUT2D eigenvalue weighted by molar-refractivity contribution is 5.80. The van der Waals surface area contributed by atoms with E-state index in [9.17, 15) is 4.79 Å². The van der Waals surface area contributed by atoms with Crippen LogP contribution in [0.5, 0.6) is 5.75 Å². The first kappa shape index (κ1) is 8.10. The fraction of sp³-hybridized carbons (Fsp3) is 0.300. The summed E-state index contributed by atoms with van der Waals surface area (Å²) in [6.45, 7) is 0.395. The molecule has 1 aliphatic heterocycles. The van der Waals surface area contributed by atoms with Gasteiger partial charge in [0.05, 0.1) is 7.11 Å². The van der Waals surface area contributed by atoms with E-state index in [1.54, 1.807) is 0 Å². The molecule has 0 fully saturated rings. The Morgan fingerprint density at radius 3 is 3.08 bits per heavy atom. The Kier molecular flexibility index (Phi) is 1.93. The summed E-state index contributed by atoms with van der Waals surface area (Å²) in [5.41, 5.74) is 0.925. The third-order valence-corrected chi connectivity index (χ3v) is 2.19. The van der Waals surface area contributed by atoms with E-state index in [0.29, 0.717) is 6.61 Å². The second-order valence-corrected chi connectivity index (χ2v) is 2.92. The van der Waals surface area contributed by atoms with Gasteiger partial charge in [0.15, 0.2) is 0 Å². The van der Waals surface area contributed by atoms with Crippen LogP contribution in [0.4, 0.5) is 0 Å². The number of ether oxygens (including phenoxy) is 2. The zero-order chi connectivity index (χ0) is 9.26. The highest BCUT2D eigenvalue weighted by Crippen LogP contribution is 2.33. The van der Waals surface area contributed by atoms with E-state index in [0.717, 1.165) is 11.3 Å². The van der Waals surface area contributed by atoms with Crippen molar-refractivity contribution in [2.24, 2.45) is 0 Å². The number of methoxy groups -OCH3 is 1. The summed E-state index contributed by atoms with van der Waals surface area (Å²) in [4.78, 5) is 11.3. The van der Waals surface area contributed by atoms with Gasteiger partial charge in [0.2, 0.25) is 0 Å². The molecule has 3 heteroatoms. The maximum absolute atomic E-state index is 11.3. The molecular formula is C10H10O3. The van der Waals surface area contributed by atoms with Crippen LogP contribution in [-0.2, 0) is 9.53 Å². The molecule has 1 atom stereocenters. The first-order valence-corrected chi connectivity index (χ1v) is 4.12. The van der Waals surface area contributed by atoms with Crippen LogP contribution in [0.15, 0.2) is 24.3 Å². The number of benzene rings is 1. The van der Waals surface area contributed by atoms with E-state index >= 15 is 0 Å². The van der Waals surface area contributed by atoms with Gasteiger partial charge < -0.3 is 9.47 Å². The van der Waals surface area contributed by atoms with Crippen LogP contribution < -0.4 is 4.74 Å². The average molecular weight is 178 g/mol. The lowest BCUT2D eigenvalue weighted by atomic mass is 10.0. The molecule has 2 rings (SSSR count). The summed E-state index contributed by atoms with van der Waals surface area (Å²) >= 11 is 0. The Morgan fingerprint density at radius 2 is 2.31 bits per heavy atom. The molecule has 0 aromatic heterocycles. The molecule has 68 valence electrons. The molecule has 0 saturated carbocycles. The minimum atomic E-state index is -0.249. The summed E-state index contributed by atoms with van der Waals surface area (Å²) < 4.78 is 10.0. The maximum atomic E-state index is 11.3. The molecule has 1 aliphatic rings. The molecule has 1 aromatic rings. The summed E-state index contributed by atoms with van der Waals surface area (Å²) in [5.74, 6) is 0.309. The van der Waals surface area contributed by atoms with Crippen LogP contribution in [0.3, 0.4) is 0 Å². The predicted molar refractivity (Wildman–Crippen MR) is 46.7 cm³/mol. The summed E-state index contributed by atoms with van der Waals surface area (Å²) in [6, 6.07) is 7.53. The number of hydrogen-bond donors (Lipinski definition) is 0. The third kappa shape index (κ3) is 1.26. The zero-order valence-corrected chi connectivity index (χ0v) is 7.32. The second kappa shape index (κ2) is 3.09. The molecule has 0 N–H and O–H groups in total. The maximum Gasteiger partial charge on any atom is 0.316 e. The van der Waals surface area contributed by atoms with Crippen molar-refractivity contribution < 1.29 is 14.3 Å². The van der Waals surface area contributed by atoms with Crippen molar-refractivity contribution >= 4 is 5.97 Å². The number of para-hydroxylation sites is 1. The van der Waals surface area contributed by atoms with Crippen LogP contribution in [0, 0.1) is 0 Å². The van der Waals surface area contributed by atoms with Crippen LogP contribution >= 0.6 is 0 Å². The average Bonchev–Trinajstić information content (AvgIpc) is 2.60. The monoisotopic (exact) mass is 178 g/mol. The molecule has 0 amide bonds. The lowest BCUT2D eigenvalue weighted by Gasteiger charge is -2.04. The Hall–Kier alpha value is -1.51. The number of carbonyl (C=O) groups excluding carboxylic acids is 1. The first-order chi connectivity index (χ1) is 6.33. The minimum absolute atomic E-state index is 0.232. The molecule has 0 aliphatic carbocycles. The molecule has 0 radical (unpaired) electrons. The van der Waals surface area contributed by atoms with E-state index in [1.165, 1.54) is 7.11 Å². The third-order valence-electron chi connectivity index (χ3n) is 2.19. The molecule has 3 nitrogen and oxygen atoms in total. The van der Waals surface area contributed by atoms with Crippen molar-refractivity contribution in [2.45, 2.75) is 5.92 Å². The highest BCUT2D eigenvalue weighted by Gasteiger charge is 2.30. The van der Waals surface area contributed by atoms with E-state index in [-0.39, 0.29) is 11.9 Å². The van der Waals surface area contributed by atoms with Gasteiger partial charge in [-0.2, -0.15) is 0 Å². The van der Waals surface area contributed by atoms with E-state index in [4.69, 9.17) is 4.74 Å². The number of fused-ring (bicyclic) bond motifs is 1. The van der Waals surface area contributed by atoms with Gasteiger partial charge in [-0.05, 0) is 6.07 Å². The fourth-order valence-corrected chi connectivity index (χ4v) is 1.50. The van der Waals surface area contributed by atoms with Gasteiger partial charge in [-0.25, -0.2) is 0 Å². The van der Waals surface area contributed by atoms with Gasteiger partial charge in [0.25, 0.3) is 0 Å². The van der Waals surface area contributed by atoms with Gasteiger partial charge in [-0.15, -0.1) is 0 Å². The molecule has 0 spiro atoms. The molecule has 0 bridgehead atoms. The van der Waals surface area contributed by atoms with Crippen molar-refractivity contribution in [3.05, 3.63) is 29.8 Å². The quantitative estimate of drug-likeness (QED) is 0.609. The lowest BCUT2D eigenvalue weighted by Crippen LogP contribution is -2.15. The fourth-order valence-electron chi connectivity index (χ4n) is 1.50. The van der Waals surface area contributed by atoms with Crippen molar-refractivity contribution in [3.8, 4) is 5.75 Å². The van der Waals surface area contributed by atoms with Crippen LogP contribution in [0.25, 0.3) is 0 Å². The molecule has 1 heterocycles. The highest BCUT2D eigenvalue weighted by atomic mass is 16.5. The normalized spacial score (nSPS) is 19.0. The van der Waals surface area contributed by atoms with Gasteiger partial charge in [0, 0.05) is 5.56 Å². The van der Waals surface area contributed by atoms with Crippen molar-refractivity contribution in [1.29, 1.82) is 0 Å². The lowest BCUT2D eigenvalue weighted by molar-refractivity contribution is -0.142. The Morgan fingerprint density at radius 1 is 1.54 bits per heavy atom. The SMILES string of the molecule is COC(=O)[C@@H]1COc2ccccc21. The van der Waals surface area contributed by atoms with Gasteiger partial charge in [0.1, 0.15) is 18.3 Å². The number of carbonyl (C=O) groups is 1. The van der Waals surface area contributed by atoms with Crippen molar-refractivity contribution in [2.75, 3.05) is 13.7 Å².